The van der Waals surface area contributed by atoms with Crippen molar-refractivity contribution in [1.29, 1.82) is 0 Å². The molecule has 1 aliphatic rings. The summed E-state index contributed by atoms with van der Waals surface area (Å²) < 4.78 is 5.50. The van der Waals surface area contributed by atoms with E-state index in [1.165, 1.54) is 11.1 Å². The number of aliphatic imine (C=N–C) groups is 1. The second-order valence-electron chi connectivity index (χ2n) is 8.12. The van der Waals surface area contributed by atoms with E-state index in [1.54, 1.807) is 0 Å². The van der Waals surface area contributed by atoms with Gasteiger partial charge < -0.3 is 15.0 Å². The van der Waals surface area contributed by atoms with Gasteiger partial charge in [0.1, 0.15) is 0 Å². The summed E-state index contributed by atoms with van der Waals surface area (Å²) in [7, 11) is 3.98. The SMILES string of the molecule is CN=C(NCCCN(Cc1ccccc1)Cc1ccccc1)N(C)CC1CCOC1.I. The molecule has 1 heterocycles. The van der Waals surface area contributed by atoms with E-state index >= 15 is 0 Å². The molecule has 0 aliphatic carbocycles. The number of nitrogens with one attached hydrogen (secondary N) is 1. The van der Waals surface area contributed by atoms with E-state index in [9.17, 15) is 0 Å². The van der Waals surface area contributed by atoms with Crippen molar-refractivity contribution in [3.8, 4) is 0 Å². The number of ether oxygens (including phenoxy) is 1. The molecule has 3 rings (SSSR count). The zero-order valence-corrected chi connectivity index (χ0v) is 21.2. The second kappa shape index (κ2) is 14.4. The van der Waals surface area contributed by atoms with E-state index in [2.05, 4.69) is 87.8 Å². The van der Waals surface area contributed by atoms with Crippen molar-refractivity contribution in [1.82, 2.24) is 15.1 Å². The van der Waals surface area contributed by atoms with E-state index in [0.29, 0.717) is 5.92 Å². The van der Waals surface area contributed by atoms with Gasteiger partial charge in [0.05, 0.1) is 6.61 Å². The summed E-state index contributed by atoms with van der Waals surface area (Å²) in [5, 5.41) is 3.53. The molecule has 6 heteroatoms. The van der Waals surface area contributed by atoms with Crippen LogP contribution in [-0.4, -0.2) is 62.7 Å². The standard InChI is InChI=1S/C25H36N4O.HI/c1-26-25(28(2)18-24-14-17-30-21-24)27-15-9-16-29(19-22-10-5-3-6-11-22)20-23-12-7-4-8-13-23;/h3-8,10-13,24H,9,14-21H2,1-2H3,(H,26,27);1H. The van der Waals surface area contributed by atoms with E-state index in [-0.39, 0.29) is 24.0 Å². The molecule has 0 spiro atoms. The first kappa shape index (κ1) is 25.6. The monoisotopic (exact) mass is 536 g/mol. The molecule has 0 saturated carbocycles. The van der Waals surface area contributed by atoms with Crippen molar-refractivity contribution >= 4 is 29.9 Å². The molecule has 1 unspecified atom stereocenters. The third-order valence-electron chi connectivity index (χ3n) is 5.56. The number of guanidine groups is 1. The Balaban J connectivity index is 0.00000341. The molecular weight excluding hydrogens is 499 g/mol. The Labute approximate surface area is 204 Å². The summed E-state index contributed by atoms with van der Waals surface area (Å²) in [6.45, 7) is 6.64. The third kappa shape index (κ3) is 9.17. The van der Waals surface area contributed by atoms with Crippen LogP contribution in [0.2, 0.25) is 0 Å². The van der Waals surface area contributed by atoms with Gasteiger partial charge in [0.15, 0.2) is 5.96 Å². The first-order valence-electron chi connectivity index (χ1n) is 11.0. The second-order valence-corrected chi connectivity index (χ2v) is 8.12. The van der Waals surface area contributed by atoms with Gasteiger partial charge in [-0.1, -0.05) is 60.7 Å². The lowest BCUT2D eigenvalue weighted by molar-refractivity contribution is 0.181. The molecule has 0 bridgehead atoms. The van der Waals surface area contributed by atoms with Crippen molar-refractivity contribution < 1.29 is 4.74 Å². The highest BCUT2D eigenvalue weighted by Gasteiger charge is 2.19. The predicted octanol–water partition coefficient (Wildman–Crippen LogP) is 4.24. The van der Waals surface area contributed by atoms with Crippen molar-refractivity contribution in [2.45, 2.75) is 25.9 Å². The molecule has 170 valence electrons. The zero-order chi connectivity index (χ0) is 21.0. The molecular formula is C25H37IN4O. The average Bonchev–Trinajstić information content (AvgIpc) is 3.28. The van der Waals surface area contributed by atoms with Crippen LogP contribution in [0.15, 0.2) is 65.7 Å². The quantitative estimate of drug-likeness (QED) is 0.214. The van der Waals surface area contributed by atoms with E-state index in [4.69, 9.17) is 4.74 Å². The molecule has 1 saturated heterocycles. The topological polar surface area (TPSA) is 40.1 Å². The Morgan fingerprint density at radius 3 is 2.16 bits per heavy atom. The summed E-state index contributed by atoms with van der Waals surface area (Å²) in [6, 6.07) is 21.5. The smallest absolute Gasteiger partial charge is 0.193 e. The maximum atomic E-state index is 5.50. The van der Waals surface area contributed by atoms with Crippen LogP contribution in [0.3, 0.4) is 0 Å². The zero-order valence-electron chi connectivity index (χ0n) is 18.9. The van der Waals surface area contributed by atoms with E-state index in [0.717, 1.165) is 64.7 Å². The Morgan fingerprint density at radius 2 is 1.65 bits per heavy atom. The Morgan fingerprint density at radius 1 is 1.03 bits per heavy atom. The molecule has 31 heavy (non-hydrogen) atoms. The highest BCUT2D eigenvalue weighted by atomic mass is 127. The number of halogens is 1. The van der Waals surface area contributed by atoms with Crippen LogP contribution in [0.4, 0.5) is 0 Å². The summed E-state index contributed by atoms with van der Waals surface area (Å²) in [4.78, 5) is 9.21. The van der Waals surface area contributed by atoms with Crippen LogP contribution >= 0.6 is 24.0 Å². The summed E-state index contributed by atoms with van der Waals surface area (Å²) in [6.07, 6.45) is 2.22. The molecule has 0 aromatic heterocycles. The minimum Gasteiger partial charge on any atom is -0.381 e. The first-order valence-corrected chi connectivity index (χ1v) is 11.0. The molecule has 1 fully saturated rings. The molecule has 1 N–H and O–H groups in total. The lowest BCUT2D eigenvalue weighted by atomic mass is 10.1. The minimum atomic E-state index is 0. The maximum absolute atomic E-state index is 5.50. The van der Waals surface area contributed by atoms with Gasteiger partial charge in [-0.25, -0.2) is 0 Å². The molecule has 1 aliphatic heterocycles. The predicted molar refractivity (Wildman–Crippen MR) is 140 cm³/mol. The lowest BCUT2D eigenvalue weighted by Crippen LogP contribution is -2.42. The van der Waals surface area contributed by atoms with Crippen molar-refractivity contribution in [3.05, 3.63) is 71.8 Å². The normalized spacial score (nSPS) is 16.2. The number of hydrogen-bond acceptors (Lipinski definition) is 3. The molecule has 2 aromatic carbocycles. The highest BCUT2D eigenvalue weighted by Crippen LogP contribution is 2.13. The van der Waals surface area contributed by atoms with Gasteiger partial charge in [-0.15, -0.1) is 24.0 Å². The first-order chi connectivity index (χ1) is 14.7. The van der Waals surface area contributed by atoms with Crippen molar-refractivity contribution in [2.24, 2.45) is 10.9 Å². The van der Waals surface area contributed by atoms with Crippen LogP contribution < -0.4 is 5.32 Å². The van der Waals surface area contributed by atoms with Gasteiger partial charge in [-0.05, 0) is 24.0 Å². The van der Waals surface area contributed by atoms with Gasteiger partial charge in [0, 0.05) is 59.3 Å². The third-order valence-corrected chi connectivity index (χ3v) is 5.56. The maximum Gasteiger partial charge on any atom is 0.193 e. The van der Waals surface area contributed by atoms with Gasteiger partial charge in [-0.3, -0.25) is 9.89 Å². The largest absolute Gasteiger partial charge is 0.381 e. The molecule has 0 radical (unpaired) electrons. The fraction of sp³-hybridized carbons (Fsp3) is 0.480. The number of hydrogen-bond donors (Lipinski definition) is 1. The van der Waals surface area contributed by atoms with Crippen LogP contribution in [0.5, 0.6) is 0 Å². The summed E-state index contributed by atoms with van der Waals surface area (Å²) >= 11 is 0. The number of nitrogens with zero attached hydrogens (tertiary/aromatic N) is 3. The van der Waals surface area contributed by atoms with Gasteiger partial charge in [0.2, 0.25) is 0 Å². The van der Waals surface area contributed by atoms with E-state index < -0.39 is 0 Å². The number of benzene rings is 2. The van der Waals surface area contributed by atoms with E-state index in [1.807, 2.05) is 7.05 Å². The average molecular weight is 537 g/mol. The highest BCUT2D eigenvalue weighted by molar-refractivity contribution is 14.0. The van der Waals surface area contributed by atoms with Crippen molar-refractivity contribution in [2.75, 3.05) is 46.9 Å². The van der Waals surface area contributed by atoms with Gasteiger partial charge in [-0.2, -0.15) is 0 Å². The fourth-order valence-electron chi connectivity index (χ4n) is 3.99. The fourth-order valence-corrected chi connectivity index (χ4v) is 3.99. The van der Waals surface area contributed by atoms with Crippen LogP contribution in [-0.2, 0) is 17.8 Å². The Kier molecular flexibility index (Phi) is 11.9. The van der Waals surface area contributed by atoms with Crippen LogP contribution in [0.25, 0.3) is 0 Å². The summed E-state index contributed by atoms with van der Waals surface area (Å²) in [5.74, 6) is 1.58. The van der Waals surface area contributed by atoms with Crippen LogP contribution in [0.1, 0.15) is 24.0 Å². The van der Waals surface area contributed by atoms with Gasteiger partial charge in [0.25, 0.3) is 0 Å². The Hall–Kier alpha value is -1.64. The van der Waals surface area contributed by atoms with Crippen molar-refractivity contribution in [3.63, 3.8) is 0 Å². The molecule has 0 amide bonds. The minimum absolute atomic E-state index is 0. The number of rotatable bonds is 10. The molecule has 5 nitrogen and oxygen atoms in total. The lowest BCUT2D eigenvalue weighted by Gasteiger charge is -2.26. The summed E-state index contributed by atoms with van der Waals surface area (Å²) in [5.41, 5.74) is 2.71. The molecule has 1 atom stereocenters. The van der Waals surface area contributed by atoms with Gasteiger partial charge >= 0.3 is 0 Å². The van der Waals surface area contributed by atoms with Crippen LogP contribution in [0, 0.1) is 5.92 Å². The molecule has 2 aromatic rings. The Bertz CT molecular complexity index is 709.